The lowest BCUT2D eigenvalue weighted by Gasteiger charge is -2.15. The van der Waals surface area contributed by atoms with Gasteiger partial charge in [-0.3, -0.25) is 0 Å². The van der Waals surface area contributed by atoms with Crippen LogP contribution in [0.3, 0.4) is 0 Å². The highest BCUT2D eigenvalue weighted by atomic mass is 32.2. The first-order valence-corrected chi connectivity index (χ1v) is 8.45. The highest BCUT2D eigenvalue weighted by Crippen LogP contribution is 2.28. The summed E-state index contributed by atoms with van der Waals surface area (Å²) in [5, 5.41) is 4.87. The van der Waals surface area contributed by atoms with Gasteiger partial charge in [-0.15, -0.1) is 0 Å². The molecule has 0 aromatic heterocycles. The molecule has 0 saturated heterocycles. The summed E-state index contributed by atoms with van der Waals surface area (Å²) >= 11 is 0. The Hall–Kier alpha value is -1.11. The van der Waals surface area contributed by atoms with Crippen molar-refractivity contribution in [3.05, 3.63) is 29.8 Å². The number of hydrogen-bond acceptors (Lipinski definition) is 4. The molecule has 1 atom stereocenters. The summed E-state index contributed by atoms with van der Waals surface area (Å²) in [6.45, 7) is 5.11. The third-order valence-electron chi connectivity index (χ3n) is 3.06. The molecule has 1 unspecified atom stereocenters. The van der Waals surface area contributed by atoms with Gasteiger partial charge < -0.3 is 9.47 Å². The Labute approximate surface area is 121 Å². The lowest BCUT2D eigenvalue weighted by molar-refractivity contribution is 0.111. The van der Waals surface area contributed by atoms with Crippen LogP contribution in [0.2, 0.25) is 0 Å². The predicted molar refractivity (Wildman–Crippen MR) is 79.4 cm³/mol. The van der Waals surface area contributed by atoms with Crippen LogP contribution >= 0.6 is 0 Å². The van der Waals surface area contributed by atoms with Crippen molar-refractivity contribution in [3.63, 3.8) is 0 Å². The number of benzene rings is 1. The quantitative estimate of drug-likeness (QED) is 0.706. The molecular formula is C14H23NO4S. The topological polar surface area (TPSA) is 78.6 Å². The van der Waals surface area contributed by atoms with Crippen LogP contribution in [0.15, 0.2) is 24.3 Å². The van der Waals surface area contributed by atoms with Crippen molar-refractivity contribution in [3.8, 4) is 5.75 Å². The zero-order valence-electron chi connectivity index (χ0n) is 12.0. The minimum atomic E-state index is -3.45. The highest BCUT2D eigenvalue weighted by Gasteiger charge is 2.09. The Morgan fingerprint density at radius 3 is 2.55 bits per heavy atom. The first-order chi connectivity index (χ1) is 9.44. The van der Waals surface area contributed by atoms with Crippen LogP contribution in [0, 0.1) is 0 Å². The molecule has 0 bridgehead atoms. The van der Waals surface area contributed by atoms with Crippen LogP contribution in [0.25, 0.3) is 0 Å². The van der Waals surface area contributed by atoms with Crippen LogP contribution in [-0.4, -0.2) is 34.0 Å². The van der Waals surface area contributed by atoms with Crippen molar-refractivity contribution in [2.45, 2.75) is 26.2 Å². The molecule has 20 heavy (non-hydrogen) atoms. The smallest absolute Gasteiger partial charge is 0.211 e. The maximum atomic E-state index is 10.7. The van der Waals surface area contributed by atoms with Crippen molar-refractivity contribution in [1.82, 2.24) is 0 Å². The molecule has 5 nitrogen and oxygen atoms in total. The van der Waals surface area contributed by atoms with Crippen molar-refractivity contribution < 1.29 is 17.9 Å². The maximum Gasteiger partial charge on any atom is 0.211 e. The van der Waals surface area contributed by atoms with E-state index in [0.717, 1.165) is 12.2 Å². The Bertz CT molecular complexity index is 502. The lowest BCUT2D eigenvalue weighted by atomic mass is 9.98. The van der Waals surface area contributed by atoms with E-state index in [1.807, 2.05) is 18.2 Å². The van der Waals surface area contributed by atoms with Gasteiger partial charge in [0.1, 0.15) is 12.4 Å². The van der Waals surface area contributed by atoms with Crippen LogP contribution in [0.1, 0.15) is 31.7 Å². The normalized spacial score (nSPS) is 13.2. The van der Waals surface area contributed by atoms with Gasteiger partial charge in [-0.1, -0.05) is 32.0 Å². The van der Waals surface area contributed by atoms with E-state index in [-0.39, 0.29) is 12.4 Å². The molecule has 1 rings (SSSR count). The van der Waals surface area contributed by atoms with E-state index in [1.165, 1.54) is 5.56 Å². The summed E-state index contributed by atoms with van der Waals surface area (Å²) in [5.41, 5.74) is 1.18. The minimum absolute atomic E-state index is 0.0925. The third-order valence-corrected chi connectivity index (χ3v) is 3.80. The molecule has 1 aromatic rings. The Kier molecular flexibility index (Phi) is 6.98. The Balaban J connectivity index is 2.35. The zero-order valence-corrected chi connectivity index (χ0v) is 12.9. The van der Waals surface area contributed by atoms with Crippen LogP contribution in [-0.2, 0) is 14.8 Å². The number of hydrogen-bond donors (Lipinski definition) is 1. The molecule has 0 spiro atoms. The number of sulfonamides is 1. The van der Waals surface area contributed by atoms with Gasteiger partial charge in [-0.25, -0.2) is 13.6 Å². The van der Waals surface area contributed by atoms with Gasteiger partial charge in [0, 0.05) is 0 Å². The average Bonchev–Trinajstić information content (AvgIpc) is 2.41. The summed E-state index contributed by atoms with van der Waals surface area (Å²) in [6, 6.07) is 7.93. The molecule has 0 aliphatic carbocycles. The van der Waals surface area contributed by atoms with E-state index >= 15 is 0 Å². The van der Waals surface area contributed by atoms with Gasteiger partial charge >= 0.3 is 0 Å². The van der Waals surface area contributed by atoms with Crippen molar-refractivity contribution >= 4 is 10.0 Å². The SMILES string of the molecule is CCC(C)c1ccccc1OCCOCCS(N)(=O)=O. The second-order valence-corrected chi connectivity index (χ2v) is 6.41. The molecule has 0 aliphatic heterocycles. The summed E-state index contributed by atoms with van der Waals surface area (Å²) < 4.78 is 32.3. The minimum Gasteiger partial charge on any atom is -0.491 e. The number of ether oxygens (including phenoxy) is 2. The third kappa shape index (κ3) is 6.36. The van der Waals surface area contributed by atoms with Gasteiger partial charge in [0.05, 0.1) is 19.0 Å². The number of rotatable bonds is 9. The molecule has 0 radical (unpaired) electrons. The summed E-state index contributed by atoms with van der Waals surface area (Å²) in [7, 11) is -3.45. The molecule has 6 heteroatoms. The predicted octanol–water partition coefficient (Wildman–Crippen LogP) is 1.88. The monoisotopic (exact) mass is 301 g/mol. The van der Waals surface area contributed by atoms with Crippen LogP contribution in [0.5, 0.6) is 5.75 Å². The summed E-state index contributed by atoms with van der Waals surface area (Å²) in [6.07, 6.45) is 1.05. The Morgan fingerprint density at radius 1 is 1.20 bits per heavy atom. The maximum absolute atomic E-state index is 10.7. The fourth-order valence-electron chi connectivity index (χ4n) is 1.73. The van der Waals surface area contributed by atoms with E-state index in [2.05, 4.69) is 19.9 Å². The van der Waals surface area contributed by atoms with Crippen molar-refractivity contribution in [2.75, 3.05) is 25.6 Å². The summed E-state index contributed by atoms with van der Waals surface area (Å²) in [4.78, 5) is 0. The van der Waals surface area contributed by atoms with Gasteiger partial charge in [0.2, 0.25) is 10.0 Å². The van der Waals surface area contributed by atoms with E-state index in [0.29, 0.717) is 19.1 Å². The Morgan fingerprint density at radius 2 is 1.90 bits per heavy atom. The summed E-state index contributed by atoms with van der Waals surface area (Å²) in [5.74, 6) is 1.13. The second-order valence-electron chi connectivity index (χ2n) is 4.67. The number of nitrogens with two attached hydrogens (primary N) is 1. The highest BCUT2D eigenvalue weighted by molar-refractivity contribution is 7.89. The fourth-order valence-corrected chi connectivity index (χ4v) is 2.08. The van der Waals surface area contributed by atoms with Crippen molar-refractivity contribution in [1.29, 1.82) is 0 Å². The molecule has 2 N–H and O–H groups in total. The second kappa shape index (κ2) is 8.24. The number of para-hydroxylation sites is 1. The van der Waals surface area contributed by atoms with E-state index in [1.54, 1.807) is 0 Å². The standard InChI is InChI=1S/C14H23NO4S/c1-3-12(2)13-6-4-5-7-14(13)19-9-8-18-10-11-20(15,16)17/h4-7,12H,3,8-11H2,1-2H3,(H2,15,16,17). The molecular weight excluding hydrogens is 278 g/mol. The molecule has 114 valence electrons. The molecule has 0 fully saturated rings. The molecule has 0 saturated carbocycles. The largest absolute Gasteiger partial charge is 0.491 e. The lowest BCUT2D eigenvalue weighted by Crippen LogP contribution is -2.21. The van der Waals surface area contributed by atoms with E-state index in [4.69, 9.17) is 14.6 Å². The molecule has 0 heterocycles. The van der Waals surface area contributed by atoms with Gasteiger partial charge in [-0.05, 0) is 24.0 Å². The van der Waals surface area contributed by atoms with Gasteiger partial charge in [0.15, 0.2) is 0 Å². The van der Waals surface area contributed by atoms with E-state index in [9.17, 15) is 8.42 Å². The van der Waals surface area contributed by atoms with Crippen molar-refractivity contribution in [2.24, 2.45) is 5.14 Å². The fraction of sp³-hybridized carbons (Fsp3) is 0.571. The average molecular weight is 301 g/mol. The molecule has 1 aromatic carbocycles. The van der Waals surface area contributed by atoms with Gasteiger partial charge in [0.25, 0.3) is 0 Å². The first-order valence-electron chi connectivity index (χ1n) is 6.74. The van der Waals surface area contributed by atoms with Gasteiger partial charge in [-0.2, -0.15) is 0 Å². The zero-order chi connectivity index (χ0) is 15.0. The number of primary sulfonamides is 1. The van der Waals surface area contributed by atoms with Crippen LogP contribution in [0.4, 0.5) is 0 Å². The van der Waals surface area contributed by atoms with E-state index < -0.39 is 10.0 Å². The van der Waals surface area contributed by atoms with Crippen LogP contribution < -0.4 is 9.88 Å². The first kappa shape index (κ1) is 16.9. The molecule has 0 amide bonds. The molecule has 0 aliphatic rings.